The summed E-state index contributed by atoms with van der Waals surface area (Å²) in [6.45, 7) is -3.90. The third-order valence-electron chi connectivity index (χ3n) is 5.97. The first-order valence-corrected chi connectivity index (χ1v) is 11.8. The number of pyridine rings is 1. The predicted molar refractivity (Wildman–Crippen MR) is 129 cm³/mol. The number of nitrogens with zero attached hydrogens (tertiary/aromatic N) is 5. The highest BCUT2D eigenvalue weighted by atomic mass is 19.3. The minimum absolute atomic E-state index is 0.0416. The summed E-state index contributed by atoms with van der Waals surface area (Å²) in [5, 5.41) is 13.2. The van der Waals surface area contributed by atoms with E-state index in [1.54, 1.807) is 12.1 Å². The molecule has 1 aliphatic heterocycles. The van der Waals surface area contributed by atoms with E-state index >= 15 is 0 Å². The van der Waals surface area contributed by atoms with Crippen molar-refractivity contribution in [3.8, 4) is 34.1 Å². The van der Waals surface area contributed by atoms with E-state index in [1.807, 2.05) is 0 Å². The number of alkyl carbamates (subject to hydrolysis) is 1. The van der Waals surface area contributed by atoms with Gasteiger partial charge in [-0.05, 0) is 12.1 Å². The van der Waals surface area contributed by atoms with Crippen LogP contribution in [0.15, 0.2) is 24.5 Å². The molecule has 212 valence electrons. The first-order valence-electron chi connectivity index (χ1n) is 11.8. The number of carbonyl (C=O) groups is 2. The molecule has 2 amide bonds. The molecule has 3 N–H and O–H groups in total. The summed E-state index contributed by atoms with van der Waals surface area (Å²) in [6.07, 6.45) is -1.07. The van der Waals surface area contributed by atoms with Gasteiger partial charge in [-0.3, -0.25) is 9.48 Å². The smallest absolute Gasteiger partial charge is 0.408 e. The van der Waals surface area contributed by atoms with E-state index in [2.05, 4.69) is 35.5 Å². The molecule has 5 heterocycles. The van der Waals surface area contributed by atoms with Crippen LogP contribution in [0.4, 0.5) is 22.4 Å². The van der Waals surface area contributed by atoms with Gasteiger partial charge < -0.3 is 29.8 Å². The van der Waals surface area contributed by atoms with Gasteiger partial charge in [0.05, 0.1) is 29.4 Å². The Balaban J connectivity index is 1.57. The lowest BCUT2D eigenvalue weighted by Crippen LogP contribution is -2.45. The molecule has 5 rings (SSSR count). The maximum Gasteiger partial charge on any atom is 0.408 e. The summed E-state index contributed by atoms with van der Waals surface area (Å²) >= 11 is 0. The molecule has 0 aromatic carbocycles. The number of halogens is 4. The van der Waals surface area contributed by atoms with Crippen LogP contribution < -0.4 is 20.1 Å². The average molecular weight is 566 g/mol. The molecule has 0 aliphatic carbocycles. The molecule has 40 heavy (non-hydrogen) atoms. The third kappa shape index (κ3) is 5.08. The number of hydrogen-bond donors (Lipinski definition) is 3. The SMILES string of the molecule is CNC(=O)COC(=O)N[C@@H]1COc2c(-c3[nH]c4ncccc4c3-c3cn(C)nc3OC(F)F)c(C(F)F)nn2C1. The molecule has 4 aromatic heterocycles. The second kappa shape index (κ2) is 10.7. The summed E-state index contributed by atoms with van der Waals surface area (Å²) in [5.41, 5.74) is -0.0681. The van der Waals surface area contributed by atoms with Crippen molar-refractivity contribution >= 4 is 23.0 Å². The highest BCUT2D eigenvalue weighted by molar-refractivity contribution is 6.04. The predicted octanol–water partition coefficient (Wildman–Crippen LogP) is 2.60. The van der Waals surface area contributed by atoms with Crippen LogP contribution in [-0.2, 0) is 23.1 Å². The van der Waals surface area contributed by atoms with Crippen LogP contribution in [-0.4, -0.2) is 74.4 Å². The topological polar surface area (TPSA) is 150 Å². The molecule has 0 unspecified atom stereocenters. The van der Waals surface area contributed by atoms with Gasteiger partial charge >= 0.3 is 12.7 Å². The fourth-order valence-corrected chi connectivity index (χ4v) is 4.36. The van der Waals surface area contributed by atoms with E-state index in [4.69, 9.17) is 9.47 Å². The van der Waals surface area contributed by atoms with Crippen molar-refractivity contribution in [2.75, 3.05) is 20.3 Å². The standard InChI is InChI=1S/C23H22F4N8O5/c1-28-13(36)9-39-23(37)30-10-6-35-21(38-8-10)15(17(32-35)18(24)25)16-14(11-4-3-5-29-19(11)31-16)12-7-34(2)33-20(12)40-22(26)27/h3-5,7,10,18,22H,6,8-9H2,1-2H3,(H,28,36)(H,29,31)(H,30,37)/t10-/m0/s1. The minimum Gasteiger partial charge on any atom is -0.475 e. The zero-order chi connectivity index (χ0) is 28.6. The van der Waals surface area contributed by atoms with Crippen LogP contribution in [0.3, 0.4) is 0 Å². The normalized spacial score (nSPS) is 14.8. The van der Waals surface area contributed by atoms with Crippen molar-refractivity contribution in [1.82, 2.24) is 40.2 Å². The number of rotatable bonds is 8. The van der Waals surface area contributed by atoms with E-state index in [0.29, 0.717) is 5.39 Å². The van der Waals surface area contributed by atoms with Gasteiger partial charge in [-0.2, -0.15) is 13.9 Å². The molecule has 4 aromatic rings. The number of ether oxygens (including phenoxy) is 3. The molecular formula is C23H22F4N8O5. The first kappa shape index (κ1) is 26.8. The van der Waals surface area contributed by atoms with Crippen molar-refractivity contribution < 1.29 is 41.4 Å². The number of aryl methyl sites for hydroxylation is 1. The maximum absolute atomic E-state index is 14.3. The quantitative estimate of drug-likeness (QED) is 0.276. The monoisotopic (exact) mass is 566 g/mol. The summed E-state index contributed by atoms with van der Waals surface area (Å²) < 4.78 is 72.7. The third-order valence-corrected chi connectivity index (χ3v) is 5.97. The fourth-order valence-electron chi connectivity index (χ4n) is 4.36. The number of nitrogens with one attached hydrogen (secondary N) is 3. The van der Waals surface area contributed by atoms with Crippen LogP contribution in [0.5, 0.6) is 11.8 Å². The van der Waals surface area contributed by atoms with Crippen molar-refractivity contribution in [2.24, 2.45) is 7.05 Å². The number of H-pyrrole nitrogens is 1. The molecule has 1 aliphatic rings. The van der Waals surface area contributed by atoms with Gasteiger partial charge in [0.2, 0.25) is 11.8 Å². The molecule has 0 fully saturated rings. The molecular weight excluding hydrogens is 544 g/mol. The second-order valence-electron chi connectivity index (χ2n) is 8.62. The van der Waals surface area contributed by atoms with E-state index in [1.165, 1.54) is 31.2 Å². The number of fused-ring (bicyclic) bond motifs is 2. The zero-order valence-electron chi connectivity index (χ0n) is 21.0. The Bertz CT molecular complexity index is 1570. The Kier molecular flexibility index (Phi) is 7.19. The summed E-state index contributed by atoms with van der Waals surface area (Å²) in [4.78, 5) is 30.6. The lowest BCUT2D eigenvalue weighted by molar-refractivity contribution is -0.123. The van der Waals surface area contributed by atoms with Crippen LogP contribution in [0.2, 0.25) is 0 Å². The Morgan fingerprint density at radius 2 is 2.05 bits per heavy atom. The molecule has 0 saturated carbocycles. The van der Waals surface area contributed by atoms with Gasteiger partial charge in [-0.15, -0.1) is 5.10 Å². The second-order valence-corrected chi connectivity index (χ2v) is 8.62. The molecule has 0 radical (unpaired) electrons. The molecule has 13 nitrogen and oxygen atoms in total. The van der Waals surface area contributed by atoms with Gasteiger partial charge in [0.1, 0.15) is 17.9 Å². The van der Waals surface area contributed by atoms with Gasteiger partial charge in [0.15, 0.2) is 6.61 Å². The Labute approximate surface area is 222 Å². The molecule has 0 bridgehead atoms. The van der Waals surface area contributed by atoms with E-state index in [0.717, 1.165) is 4.68 Å². The Morgan fingerprint density at radius 3 is 2.77 bits per heavy atom. The number of aromatic amines is 1. The van der Waals surface area contributed by atoms with Gasteiger partial charge in [-0.1, -0.05) is 0 Å². The molecule has 1 atom stereocenters. The molecule has 0 saturated heterocycles. The zero-order valence-corrected chi connectivity index (χ0v) is 21.0. The number of hydrogen-bond acceptors (Lipinski definition) is 8. The van der Waals surface area contributed by atoms with Crippen molar-refractivity contribution in [3.63, 3.8) is 0 Å². The fraction of sp³-hybridized carbons (Fsp3) is 0.348. The molecule has 17 heteroatoms. The van der Waals surface area contributed by atoms with Gasteiger partial charge in [-0.25, -0.2) is 23.2 Å². The highest BCUT2D eigenvalue weighted by Gasteiger charge is 2.35. The lowest BCUT2D eigenvalue weighted by Gasteiger charge is -2.25. The van der Waals surface area contributed by atoms with Gasteiger partial charge in [0, 0.05) is 37.4 Å². The lowest BCUT2D eigenvalue weighted by atomic mass is 10.0. The van der Waals surface area contributed by atoms with Crippen LogP contribution in [0.25, 0.3) is 33.4 Å². The van der Waals surface area contributed by atoms with Crippen LogP contribution in [0, 0.1) is 0 Å². The number of likely N-dealkylation sites (N-methyl/N-ethyl adjacent to an activating group) is 1. The van der Waals surface area contributed by atoms with Crippen molar-refractivity contribution in [3.05, 3.63) is 30.2 Å². The summed E-state index contributed by atoms with van der Waals surface area (Å²) in [7, 11) is 2.88. The number of alkyl halides is 4. The first-order chi connectivity index (χ1) is 19.2. The summed E-state index contributed by atoms with van der Waals surface area (Å²) in [5.74, 6) is -0.973. The molecule has 0 spiro atoms. The number of carbonyl (C=O) groups excluding carboxylic acids is 2. The number of aromatic nitrogens is 6. The minimum atomic E-state index is -3.18. The van der Waals surface area contributed by atoms with Crippen LogP contribution >= 0.6 is 0 Å². The Morgan fingerprint density at radius 1 is 1.25 bits per heavy atom. The van der Waals surface area contributed by atoms with E-state index < -0.39 is 49.3 Å². The van der Waals surface area contributed by atoms with Gasteiger partial charge in [0.25, 0.3) is 12.3 Å². The Hall–Kier alpha value is -4.83. The largest absolute Gasteiger partial charge is 0.475 e. The number of amides is 2. The summed E-state index contributed by atoms with van der Waals surface area (Å²) in [6, 6.07) is 2.52. The highest BCUT2D eigenvalue weighted by Crippen LogP contribution is 2.47. The van der Waals surface area contributed by atoms with Crippen molar-refractivity contribution in [1.29, 1.82) is 0 Å². The van der Waals surface area contributed by atoms with Crippen molar-refractivity contribution in [2.45, 2.75) is 25.6 Å². The maximum atomic E-state index is 14.3. The van der Waals surface area contributed by atoms with E-state index in [-0.39, 0.29) is 47.1 Å². The van der Waals surface area contributed by atoms with Crippen LogP contribution in [0.1, 0.15) is 12.1 Å². The average Bonchev–Trinajstić information content (AvgIpc) is 3.58. The van der Waals surface area contributed by atoms with E-state index in [9.17, 15) is 27.2 Å².